The lowest BCUT2D eigenvalue weighted by Crippen LogP contribution is -2.30. The molecule has 0 saturated heterocycles. The van der Waals surface area contributed by atoms with Crippen molar-refractivity contribution >= 4 is 0 Å². The van der Waals surface area contributed by atoms with Gasteiger partial charge in [0.2, 0.25) is 0 Å². The Morgan fingerprint density at radius 2 is 2.45 bits per heavy atom. The molecule has 0 amide bonds. The van der Waals surface area contributed by atoms with E-state index in [-0.39, 0.29) is 6.67 Å². The number of halogens is 1. The number of rotatable bonds is 3. The molecule has 0 spiro atoms. The largest absolute Gasteiger partial charge is 0.299 e. The standard InChI is InChI=1S/C9H16FN/c1-9-4-2-6-11(8-9)7-3-5-10/h4H,2-3,5-8H2,1H3. The number of hydrogen-bond donors (Lipinski definition) is 0. The van der Waals surface area contributed by atoms with Gasteiger partial charge in [-0.3, -0.25) is 9.29 Å². The van der Waals surface area contributed by atoms with Crippen LogP contribution in [0.3, 0.4) is 0 Å². The summed E-state index contributed by atoms with van der Waals surface area (Å²) in [6.45, 7) is 5.03. The molecule has 64 valence electrons. The maximum Gasteiger partial charge on any atom is 0.0906 e. The zero-order valence-corrected chi connectivity index (χ0v) is 7.15. The van der Waals surface area contributed by atoms with Gasteiger partial charge >= 0.3 is 0 Å². The van der Waals surface area contributed by atoms with Gasteiger partial charge in [-0.2, -0.15) is 0 Å². The Bertz CT molecular complexity index is 142. The van der Waals surface area contributed by atoms with Crippen molar-refractivity contribution in [1.29, 1.82) is 0 Å². The van der Waals surface area contributed by atoms with Gasteiger partial charge in [-0.15, -0.1) is 0 Å². The third-order valence-corrected chi connectivity index (χ3v) is 2.02. The summed E-state index contributed by atoms with van der Waals surface area (Å²) < 4.78 is 11.8. The van der Waals surface area contributed by atoms with Gasteiger partial charge in [0.1, 0.15) is 0 Å². The Hall–Kier alpha value is -0.370. The molecule has 1 aliphatic heterocycles. The Morgan fingerprint density at radius 3 is 3.09 bits per heavy atom. The topological polar surface area (TPSA) is 3.24 Å². The Kier molecular flexibility index (Phi) is 3.57. The first-order valence-electron chi connectivity index (χ1n) is 4.27. The average Bonchev–Trinajstić information content (AvgIpc) is 2.01. The minimum atomic E-state index is -0.181. The molecule has 1 nitrogen and oxygen atoms in total. The van der Waals surface area contributed by atoms with E-state index < -0.39 is 0 Å². The molecule has 0 bridgehead atoms. The lowest BCUT2D eigenvalue weighted by Gasteiger charge is -2.25. The van der Waals surface area contributed by atoms with Gasteiger partial charge in [-0.1, -0.05) is 11.6 Å². The molecule has 2 heteroatoms. The molecule has 1 rings (SSSR count). The highest BCUT2D eigenvalue weighted by molar-refractivity contribution is 5.04. The van der Waals surface area contributed by atoms with Crippen LogP contribution in [0.5, 0.6) is 0 Å². The Balaban J connectivity index is 2.21. The Labute approximate surface area is 67.9 Å². The van der Waals surface area contributed by atoms with Crippen LogP contribution in [0.1, 0.15) is 19.8 Å². The van der Waals surface area contributed by atoms with Crippen LogP contribution in [0, 0.1) is 0 Å². The summed E-state index contributed by atoms with van der Waals surface area (Å²) in [6.07, 6.45) is 4.09. The lowest BCUT2D eigenvalue weighted by atomic mass is 10.1. The smallest absolute Gasteiger partial charge is 0.0906 e. The van der Waals surface area contributed by atoms with E-state index in [0.29, 0.717) is 6.42 Å². The van der Waals surface area contributed by atoms with E-state index in [4.69, 9.17) is 0 Å². The van der Waals surface area contributed by atoms with Crippen molar-refractivity contribution in [3.05, 3.63) is 11.6 Å². The molecular weight excluding hydrogens is 141 g/mol. The van der Waals surface area contributed by atoms with Crippen molar-refractivity contribution in [2.45, 2.75) is 19.8 Å². The summed E-state index contributed by atoms with van der Waals surface area (Å²) in [5, 5.41) is 0. The fraction of sp³-hybridized carbons (Fsp3) is 0.778. The molecule has 0 aromatic carbocycles. The number of hydrogen-bond acceptors (Lipinski definition) is 1. The van der Waals surface area contributed by atoms with E-state index >= 15 is 0 Å². The van der Waals surface area contributed by atoms with Gasteiger partial charge in [0, 0.05) is 19.6 Å². The van der Waals surface area contributed by atoms with Crippen LogP contribution in [0.4, 0.5) is 4.39 Å². The second kappa shape index (κ2) is 4.50. The number of nitrogens with zero attached hydrogens (tertiary/aromatic N) is 1. The maximum atomic E-state index is 11.8. The SMILES string of the molecule is CC1=CCCN(CCCF)C1. The monoisotopic (exact) mass is 157 g/mol. The van der Waals surface area contributed by atoms with E-state index in [1.807, 2.05) is 0 Å². The van der Waals surface area contributed by atoms with E-state index in [1.165, 1.54) is 5.57 Å². The predicted molar refractivity (Wildman–Crippen MR) is 45.4 cm³/mol. The van der Waals surface area contributed by atoms with E-state index in [0.717, 1.165) is 26.1 Å². The fourth-order valence-corrected chi connectivity index (χ4v) is 1.46. The highest BCUT2D eigenvalue weighted by Crippen LogP contribution is 2.08. The maximum absolute atomic E-state index is 11.8. The summed E-state index contributed by atoms with van der Waals surface area (Å²) in [5.41, 5.74) is 1.43. The highest BCUT2D eigenvalue weighted by Gasteiger charge is 2.08. The molecule has 0 aromatic rings. The molecule has 11 heavy (non-hydrogen) atoms. The van der Waals surface area contributed by atoms with Crippen molar-refractivity contribution in [2.75, 3.05) is 26.3 Å². The minimum absolute atomic E-state index is 0.181. The molecule has 0 N–H and O–H groups in total. The van der Waals surface area contributed by atoms with Gasteiger partial charge < -0.3 is 0 Å². The van der Waals surface area contributed by atoms with Crippen LogP contribution in [0.2, 0.25) is 0 Å². The van der Waals surface area contributed by atoms with Crippen molar-refractivity contribution in [3.63, 3.8) is 0 Å². The lowest BCUT2D eigenvalue weighted by molar-refractivity contribution is 0.273. The van der Waals surface area contributed by atoms with Crippen molar-refractivity contribution < 1.29 is 4.39 Å². The average molecular weight is 157 g/mol. The third kappa shape index (κ3) is 3.02. The predicted octanol–water partition coefficient (Wildman–Crippen LogP) is 2.00. The summed E-state index contributed by atoms with van der Waals surface area (Å²) >= 11 is 0. The van der Waals surface area contributed by atoms with Gasteiger partial charge in [-0.25, -0.2) is 0 Å². The van der Waals surface area contributed by atoms with Gasteiger partial charge in [0.15, 0.2) is 0 Å². The first-order chi connectivity index (χ1) is 5.33. The van der Waals surface area contributed by atoms with E-state index in [9.17, 15) is 4.39 Å². The molecule has 0 aromatic heterocycles. The number of alkyl halides is 1. The molecule has 0 fully saturated rings. The molecule has 1 aliphatic rings. The molecule has 0 radical (unpaired) electrons. The summed E-state index contributed by atoms with van der Waals surface area (Å²) in [4.78, 5) is 2.31. The van der Waals surface area contributed by atoms with E-state index in [1.54, 1.807) is 0 Å². The summed E-state index contributed by atoms with van der Waals surface area (Å²) in [6, 6.07) is 0. The van der Waals surface area contributed by atoms with Crippen LogP contribution < -0.4 is 0 Å². The third-order valence-electron chi connectivity index (χ3n) is 2.02. The quantitative estimate of drug-likeness (QED) is 0.566. The molecule has 1 heterocycles. The molecule has 0 aliphatic carbocycles. The second-order valence-corrected chi connectivity index (χ2v) is 3.16. The molecule has 0 saturated carbocycles. The molecule has 0 atom stereocenters. The van der Waals surface area contributed by atoms with Gasteiger partial charge in [-0.05, 0) is 19.8 Å². The van der Waals surface area contributed by atoms with Gasteiger partial charge in [0.05, 0.1) is 6.67 Å². The fourth-order valence-electron chi connectivity index (χ4n) is 1.46. The van der Waals surface area contributed by atoms with Crippen molar-refractivity contribution in [3.8, 4) is 0 Å². The first kappa shape index (κ1) is 8.72. The molecule has 0 unspecified atom stereocenters. The normalized spacial score (nSPS) is 20.0. The summed E-state index contributed by atoms with van der Waals surface area (Å²) in [7, 11) is 0. The van der Waals surface area contributed by atoms with Crippen LogP contribution in [-0.4, -0.2) is 31.2 Å². The first-order valence-corrected chi connectivity index (χ1v) is 4.27. The van der Waals surface area contributed by atoms with Crippen molar-refractivity contribution in [1.82, 2.24) is 4.90 Å². The van der Waals surface area contributed by atoms with Gasteiger partial charge in [0.25, 0.3) is 0 Å². The zero-order chi connectivity index (χ0) is 8.10. The van der Waals surface area contributed by atoms with Crippen LogP contribution in [0.25, 0.3) is 0 Å². The second-order valence-electron chi connectivity index (χ2n) is 3.16. The van der Waals surface area contributed by atoms with Crippen LogP contribution in [0.15, 0.2) is 11.6 Å². The minimum Gasteiger partial charge on any atom is -0.299 e. The zero-order valence-electron chi connectivity index (χ0n) is 7.15. The summed E-state index contributed by atoms with van der Waals surface area (Å²) in [5.74, 6) is 0. The van der Waals surface area contributed by atoms with Crippen molar-refractivity contribution in [2.24, 2.45) is 0 Å². The van der Waals surface area contributed by atoms with Crippen LogP contribution >= 0.6 is 0 Å². The van der Waals surface area contributed by atoms with Crippen LogP contribution in [-0.2, 0) is 0 Å². The molecular formula is C9H16FN. The highest BCUT2D eigenvalue weighted by atomic mass is 19.1. The van der Waals surface area contributed by atoms with E-state index in [2.05, 4.69) is 17.9 Å². The Morgan fingerprint density at radius 1 is 1.64 bits per heavy atom.